The van der Waals surface area contributed by atoms with Crippen molar-refractivity contribution in [1.29, 1.82) is 0 Å². The summed E-state index contributed by atoms with van der Waals surface area (Å²) in [4.78, 5) is 2.49. The molecule has 4 heteroatoms. The normalized spacial score (nSPS) is 12.7. The minimum absolute atomic E-state index is 0.496. The lowest BCUT2D eigenvalue weighted by molar-refractivity contribution is 0.520. The van der Waals surface area contributed by atoms with Crippen LogP contribution in [0.1, 0.15) is 0 Å². The number of hydrogen-bond acceptors (Lipinski definition) is 2. The molecule has 0 fully saturated rings. The molecule has 2 aromatic rings. The van der Waals surface area contributed by atoms with Gasteiger partial charge in [-0.2, -0.15) is 4.55 Å². The van der Waals surface area contributed by atoms with Gasteiger partial charge in [0.1, 0.15) is 0 Å². The number of anilines is 1. The predicted molar refractivity (Wildman–Crippen MR) is 68.6 cm³/mol. The average molecular weight is 236 g/mol. The monoisotopic (exact) mass is 236 g/mol. The van der Waals surface area contributed by atoms with E-state index in [1.54, 1.807) is 6.07 Å². The Hall–Kier alpha value is -1.39. The van der Waals surface area contributed by atoms with Crippen LogP contribution in [0.4, 0.5) is 5.69 Å². The van der Waals surface area contributed by atoms with Gasteiger partial charge < -0.3 is 4.90 Å². The second-order valence-electron chi connectivity index (χ2n) is 3.82. The fraction of sp³-hybridized carbons (Fsp3) is 0.167. The van der Waals surface area contributed by atoms with Crippen molar-refractivity contribution in [3.63, 3.8) is 0 Å². The summed E-state index contributed by atoms with van der Waals surface area (Å²) in [7, 11) is 3.92. The third kappa shape index (κ3) is 1.81. The fourth-order valence-corrected chi connectivity index (χ4v) is 2.45. The summed E-state index contributed by atoms with van der Waals surface area (Å²) in [6.07, 6.45) is 0. The molecule has 1 N–H and O–H groups in total. The van der Waals surface area contributed by atoms with E-state index in [0.29, 0.717) is 4.90 Å². The van der Waals surface area contributed by atoms with Crippen molar-refractivity contribution in [3.8, 4) is 0 Å². The van der Waals surface area contributed by atoms with E-state index in [2.05, 4.69) is 0 Å². The van der Waals surface area contributed by atoms with Crippen LogP contribution in [0, 0.1) is 0 Å². The first-order chi connectivity index (χ1) is 7.61. The molecule has 84 valence electrons. The predicted octanol–water partition coefficient (Wildman–Crippen LogP) is 2.43. The highest BCUT2D eigenvalue weighted by atomic mass is 32.2. The Labute approximate surface area is 97.0 Å². The second kappa shape index (κ2) is 4.23. The summed E-state index contributed by atoms with van der Waals surface area (Å²) in [5, 5.41) is 1.85. The molecule has 0 saturated heterocycles. The Kier molecular flexibility index (Phi) is 2.94. The minimum atomic E-state index is -2.30. The third-order valence-corrected chi connectivity index (χ3v) is 3.37. The van der Waals surface area contributed by atoms with Crippen LogP contribution in [0.25, 0.3) is 10.8 Å². The molecule has 1 unspecified atom stereocenters. The van der Waals surface area contributed by atoms with Crippen LogP contribution in [0.2, 0.25) is 0 Å². The van der Waals surface area contributed by atoms with Crippen LogP contribution in [0.3, 0.4) is 0 Å². The molecule has 0 aromatic heterocycles. The first kappa shape index (κ1) is 11.1. The smallest absolute Gasteiger partial charge is 0.235 e. The second-order valence-corrected chi connectivity index (χ2v) is 4.84. The molecule has 0 saturated carbocycles. The van der Waals surface area contributed by atoms with Crippen molar-refractivity contribution in [3.05, 3.63) is 36.4 Å². The molecule has 0 aliphatic carbocycles. The van der Waals surface area contributed by atoms with Crippen LogP contribution in [0.15, 0.2) is 41.3 Å². The lowest BCUT2D eigenvalue weighted by Gasteiger charge is -2.15. The van der Waals surface area contributed by atoms with Gasteiger partial charge >= 0.3 is 0 Å². The van der Waals surface area contributed by atoms with Gasteiger partial charge in [0, 0.05) is 30.6 Å². The largest absolute Gasteiger partial charge is 0.377 e. The van der Waals surface area contributed by atoms with Gasteiger partial charge in [0.25, 0.3) is 0 Å². The number of hydrogen-bond donors (Lipinski definition) is 1. The Bertz CT molecular complexity index is 552. The van der Waals surface area contributed by atoms with E-state index in [1.165, 1.54) is 0 Å². The number of nitrogens with zero attached hydrogens (tertiary/aromatic N) is 1. The van der Waals surface area contributed by atoms with Gasteiger partial charge in [0.2, 0.25) is 11.1 Å². The lowest BCUT2D eigenvalue weighted by Crippen LogP contribution is -2.09. The Morgan fingerprint density at radius 2 is 1.69 bits per heavy atom. The molecule has 0 spiro atoms. The van der Waals surface area contributed by atoms with Gasteiger partial charge in [-0.3, -0.25) is 0 Å². The van der Waals surface area contributed by atoms with Crippen LogP contribution in [-0.4, -0.2) is 18.6 Å². The van der Waals surface area contributed by atoms with Crippen LogP contribution in [0.5, 0.6) is 0 Å². The molecule has 0 heterocycles. The van der Waals surface area contributed by atoms with Gasteiger partial charge in [-0.15, -0.1) is 0 Å². The topological polar surface area (TPSA) is 40.5 Å². The molecule has 3 nitrogen and oxygen atoms in total. The van der Waals surface area contributed by atoms with Gasteiger partial charge in [0.05, 0.1) is 0 Å². The molecule has 0 aliphatic rings. The molecule has 0 aliphatic heterocycles. The van der Waals surface area contributed by atoms with Gasteiger partial charge in [-0.05, 0) is 18.2 Å². The van der Waals surface area contributed by atoms with Crippen molar-refractivity contribution in [1.82, 2.24) is 0 Å². The van der Waals surface area contributed by atoms with Crippen LogP contribution >= 0.6 is 0 Å². The third-order valence-electron chi connectivity index (χ3n) is 2.56. The van der Waals surface area contributed by atoms with E-state index < -0.39 is 11.1 Å². The van der Waals surface area contributed by atoms with Crippen molar-refractivity contribution in [2.75, 3.05) is 19.0 Å². The van der Waals surface area contributed by atoms with Crippen LogP contribution < -0.4 is 4.90 Å². The van der Waals surface area contributed by atoms with Crippen molar-refractivity contribution < 1.29 is 8.76 Å². The number of thiol groups is 1. The first-order valence-corrected chi connectivity index (χ1v) is 6.17. The van der Waals surface area contributed by atoms with E-state index in [0.717, 1.165) is 16.5 Å². The van der Waals surface area contributed by atoms with Crippen molar-refractivity contribution in [2.45, 2.75) is 4.90 Å². The SMILES string of the molecule is CN(C)c1cccc2c([SH+](=O)O)cccc12. The van der Waals surface area contributed by atoms with Crippen molar-refractivity contribution in [2.24, 2.45) is 0 Å². The van der Waals surface area contributed by atoms with E-state index >= 15 is 0 Å². The van der Waals surface area contributed by atoms with Gasteiger partial charge in [-0.1, -0.05) is 22.4 Å². The fourth-order valence-electron chi connectivity index (χ4n) is 1.83. The summed E-state index contributed by atoms with van der Waals surface area (Å²) >= 11 is -2.30. The highest BCUT2D eigenvalue weighted by Gasteiger charge is 2.13. The maximum Gasteiger partial charge on any atom is 0.235 e. The minimum Gasteiger partial charge on any atom is -0.377 e. The highest BCUT2D eigenvalue weighted by molar-refractivity contribution is 7.79. The molecule has 0 bridgehead atoms. The summed E-state index contributed by atoms with van der Waals surface area (Å²) in [6, 6.07) is 11.2. The van der Waals surface area contributed by atoms with Gasteiger partial charge in [0.15, 0.2) is 4.90 Å². The van der Waals surface area contributed by atoms with E-state index in [1.807, 2.05) is 49.3 Å². The average Bonchev–Trinajstić information content (AvgIpc) is 2.27. The molecular weight excluding hydrogens is 222 g/mol. The van der Waals surface area contributed by atoms with Crippen molar-refractivity contribution >= 4 is 27.5 Å². The quantitative estimate of drug-likeness (QED) is 0.643. The lowest BCUT2D eigenvalue weighted by atomic mass is 10.1. The molecule has 2 aromatic carbocycles. The number of fused-ring (bicyclic) bond motifs is 1. The van der Waals surface area contributed by atoms with E-state index in [-0.39, 0.29) is 0 Å². The molecule has 1 atom stereocenters. The zero-order valence-electron chi connectivity index (χ0n) is 9.21. The Morgan fingerprint density at radius 3 is 2.31 bits per heavy atom. The van der Waals surface area contributed by atoms with Crippen LogP contribution in [-0.2, 0) is 15.3 Å². The number of benzene rings is 2. The highest BCUT2D eigenvalue weighted by Crippen LogP contribution is 2.28. The Morgan fingerprint density at radius 1 is 1.06 bits per heavy atom. The molecular formula is C12H14NO2S+. The first-order valence-electron chi connectivity index (χ1n) is 4.96. The maximum absolute atomic E-state index is 11.2. The maximum atomic E-state index is 11.2. The zero-order valence-corrected chi connectivity index (χ0v) is 10.1. The zero-order chi connectivity index (χ0) is 11.7. The summed E-state index contributed by atoms with van der Waals surface area (Å²) in [5.41, 5.74) is 1.05. The molecule has 2 rings (SSSR count). The molecule has 16 heavy (non-hydrogen) atoms. The molecule has 0 amide bonds. The number of rotatable bonds is 2. The molecule has 0 radical (unpaired) electrons. The standard InChI is InChI=1S/C12H13NO2S/c1-13(2)11-7-3-6-10-9(11)5-4-8-12(10)16(14)15/h3-8H,1-2H3,(H,14,15)/p+1. The summed E-state index contributed by atoms with van der Waals surface area (Å²) in [5.74, 6) is 0. The Balaban J connectivity index is 2.81. The van der Waals surface area contributed by atoms with E-state index in [9.17, 15) is 8.76 Å². The summed E-state index contributed by atoms with van der Waals surface area (Å²) in [6.45, 7) is 0. The van der Waals surface area contributed by atoms with Gasteiger partial charge in [-0.25, -0.2) is 0 Å². The van der Waals surface area contributed by atoms with E-state index in [4.69, 9.17) is 0 Å². The summed E-state index contributed by atoms with van der Waals surface area (Å²) < 4.78 is 20.5.